The minimum absolute atomic E-state index is 0.359. The first-order valence-corrected chi connectivity index (χ1v) is 7.31. The van der Waals surface area contributed by atoms with Crippen LogP contribution in [0.5, 0.6) is 0 Å². The van der Waals surface area contributed by atoms with Crippen LogP contribution < -0.4 is 5.32 Å². The molecule has 0 fully saturated rings. The number of thiazole rings is 1. The maximum atomic E-state index is 4.57. The third-order valence-corrected chi connectivity index (χ3v) is 4.19. The number of nitrogens with one attached hydrogen (secondary N) is 1. The van der Waals surface area contributed by atoms with E-state index in [0.29, 0.717) is 6.04 Å². The monoisotopic (exact) mass is 260 g/mol. The third-order valence-electron chi connectivity index (χ3n) is 3.15. The van der Waals surface area contributed by atoms with Crippen molar-refractivity contribution in [3.63, 3.8) is 0 Å². The second-order valence-electron chi connectivity index (χ2n) is 4.55. The van der Waals surface area contributed by atoms with Crippen LogP contribution in [0.1, 0.15) is 41.7 Å². The van der Waals surface area contributed by atoms with Crippen LogP contribution in [0, 0.1) is 6.92 Å². The molecule has 0 aliphatic rings. The van der Waals surface area contributed by atoms with E-state index in [1.807, 2.05) is 0 Å². The molecular weight excluding hydrogens is 240 g/mol. The molecule has 0 spiro atoms. The molecule has 0 saturated carbocycles. The lowest BCUT2D eigenvalue weighted by molar-refractivity contribution is 0.566. The highest BCUT2D eigenvalue weighted by Crippen LogP contribution is 2.17. The Bertz CT molecular complexity index is 505. The minimum Gasteiger partial charge on any atom is -0.305 e. The van der Waals surface area contributed by atoms with Crippen LogP contribution in [0.4, 0.5) is 0 Å². The topological polar surface area (TPSA) is 24.9 Å². The third kappa shape index (κ3) is 3.18. The van der Waals surface area contributed by atoms with Gasteiger partial charge >= 0.3 is 0 Å². The van der Waals surface area contributed by atoms with Crippen LogP contribution >= 0.6 is 11.3 Å². The summed E-state index contributed by atoms with van der Waals surface area (Å²) in [6, 6.07) is 8.88. The first kappa shape index (κ1) is 13.2. The lowest BCUT2D eigenvalue weighted by atomic mass is 10.0. The van der Waals surface area contributed by atoms with Crippen molar-refractivity contribution in [2.24, 2.45) is 0 Å². The highest BCUT2D eigenvalue weighted by molar-refractivity contribution is 7.09. The van der Waals surface area contributed by atoms with Crippen LogP contribution in [-0.2, 0) is 13.0 Å². The molecule has 96 valence electrons. The maximum absolute atomic E-state index is 4.57. The van der Waals surface area contributed by atoms with E-state index in [9.17, 15) is 0 Å². The summed E-state index contributed by atoms with van der Waals surface area (Å²) in [5.41, 5.74) is 3.85. The summed E-state index contributed by atoms with van der Waals surface area (Å²) >= 11 is 1.75. The van der Waals surface area contributed by atoms with E-state index < -0.39 is 0 Å². The Morgan fingerprint density at radius 2 is 2.11 bits per heavy atom. The molecule has 1 N–H and O–H groups in total. The zero-order valence-electron chi connectivity index (χ0n) is 11.2. The second kappa shape index (κ2) is 6.12. The molecule has 0 amide bonds. The molecule has 1 aromatic heterocycles. The summed E-state index contributed by atoms with van der Waals surface area (Å²) < 4.78 is 0. The van der Waals surface area contributed by atoms with Gasteiger partial charge in [-0.3, -0.25) is 0 Å². The van der Waals surface area contributed by atoms with Gasteiger partial charge in [0.15, 0.2) is 0 Å². The lowest BCUT2D eigenvalue weighted by Gasteiger charge is -2.15. The first-order chi connectivity index (χ1) is 8.70. The summed E-state index contributed by atoms with van der Waals surface area (Å²) in [7, 11) is 0. The summed E-state index contributed by atoms with van der Waals surface area (Å²) in [4.78, 5) is 4.57. The molecule has 2 aromatic rings. The molecule has 1 atom stereocenters. The number of benzene rings is 1. The number of hydrogen-bond acceptors (Lipinski definition) is 3. The van der Waals surface area contributed by atoms with Gasteiger partial charge in [0.05, 0.1) is 10.7 Å². The maximum Gasteiger partial charge on any atom is 0.0926 e. The van der Waals surface area contributed by atoms with Crippen LogP contribution in [0.15, 0.2) is 29.6 Å². The Morgan fingerprint density at radius 1 is 1.33 bits per heavy atom. The molecule has 1 heterocycles. The Kier molecular flexibility index (Phi) is 4.50. The van der Waals surface area contributed by atoms with Gasteiger partial charge in [-0.2, -0.15) is 0 Å². The molecule has 0 bridgehead atoms. The molecule has 0 saturated heterocycles. The Balaban J connectivity index is 1.96. The van der Waals surface area contributed by atoms with E-state index >= 15 is 0 Å². The predicted molar refractivity (Wildman–Crippen MR) is 77.9 cm³/mol. The molecule has 2 nitrogen and oxygen atoms in total. The average Bonchev–Trinajstić information content (AvgIpc) is 2.84. The van der Waals surface area contributed by atoms with Crippen LogP contribution in [0.2, 0.25) is 0 Å². The van der Waals surface area contributed by atoms with E-state index in [4.69, 9.17) is 0 Å². The van der Waals surface area contributed by atoms with E-state index in [0.717, 1.165) is 18.7 Å². The molecule has 18 heavy (non-hydrogen) atoms. The average molecular weight is 260 g/mol. The number of aromatic nitrogens is 1. The van der Waals surface area contributed by atoms with Crippen molar-refractivity contribution in [2.75, 3.05) is 0 Å². The van der Waals surface area contributed by atoms with Gasteiger partial charge < -0.3 is 5.32 Å². The highest BCUT2D eigenvalue weighted by Gasteiger charge is 2.08. The van der Waals surface area contributed by atoms with Gasteiger partial charge in [0.2, 0.25) is 0 Å². The largest absolute Gasteiger partial charge is 0.305 e. The molecule has 0 unspecified atom stereocenters. The Morgan fingerprint density at radius 3 is 2.78 bits per heavy atom. The van der Waals surface area contributed by atoms with Crippen molar-refractivity contribution < 1.29 is 0 Å². The van der Waals surface area contributed by atoms with Gasteiger partial charge in [-0.05, 0) is 31.4 Å². The smallest absolute Gasteiger partial charge is 0.0926 e. The number of hydrogen-bond donors (Lipinski definition) is 1. The van der Waals surface area contributed by atoms with E-state index in [-0.39, 0.29) is 0 Å². The quantitative estimate of drug-likeness (QED) is 0.883. The van der Waals surface area contributed by atoms with E-state index in [1.165, 1.54) is 16.1 Å². The van der Waals surface area contributed by atoms with Crippen molar-refractivity contribution in [1.29, 1.82) is 0 Å². The van der Waals surface area contributed by atoms with E-state index in [2.05, 4.69) is 60.7 Å². The van der Waals surface area contributed by atoms with Gasteiger partial charge in [-0.15, -0.1) is 11.3 Å². The Labute approximate surface area is 113 Å². The minimum atomic E-state index is 0.359. The standard InChI is InChI=1S/C15H20N2S/c1-4-15-17-13(10-18-15)9-16-12(3)14-8-6-5-7-11(14)2/h5-8,10,12,16H,4,9H2,1-3H3/t12-/m0/s1. The molecule has 0 aliphatic carbocycles. The fourth-order valence-corrected chi connectivity index (χ4v) is 2.78. The molecule has 2 rings (SSSR count). The molecule has 1 aromatic carbocycles. The van der Waals surface area contributed by atoms with Crippen molar-refractivity contribution >= 4 is 11.3 Å². The molecule has 3 heteroatoms. The molecule has 0 radical (unpaired) electrons. The normalized spacial score (nSPS) is 12.6. The van der Waals surface area contributed by atoms with Gasteiger partial charge in [0.25, 0.3) is 0 Å². The van der Waals surface area contributed by atoms with Crippen LogP contribution in [-0.4, -0.2) is 4.98 Å². The molecular formula is C15H20N2S. The fourth-order valence-electron chi connectivity index (χ4n) is 2.03. The summed E-state index contributed by atoms with van der Waals surface area (Å²) in [5.74, 6) is 0. The predicted octanol–water partition coefficient (Wildman–Crippen LogP) is 3.86. The van der Waals surface area contributed by atoms with Crippen molar-refractivity contribution in [1.82, 2.24) is 10.3 Å². The zero-order chi connectivity index (χ0) is 13.0. The van der Waals surface area contributed by atoms with Gasteiger partial charge in [0, 0.05) is 18.0 Å². The van der Waals surface area contributed by atoms with Crippen molar-refractivity contribution in [3.8, 4) is 0 Å². The second-order valence-corrected chi connectivity index (χ2v) is 5.49. The van der Waals surface area contributed by atoms with Gasteiger partial charge in [-0.25, -0.2) is 4.98 Å². The fraction of sp³-hybridized carbons (Fsp3) is 0.400. The summed E-state index contributed by atoms with van der Waals surface area (Å²) in [5, 5.41) is 6.90. The van der Waals surface area contributed by atoms with Crippen molar-refractivity contribution in [3.05, 3.63) is 51.5 Å². The highest BCUT2D eigenvalue weighted by atomic mass is 32.1. The SMILES string of the molecule is CCc1nc(CN[C@@H](C)c2ccccc2C)cs1. The summed E-state index contributed by atoms with van der Waals surface area (Å²) in [6.07, 6.45) is 1.03. The van der Waals surface area contributed by atoms with Crippen molar-refractivity contribution in [2.45, 2.75) is 39.8 Å². The number of aryl methyl sites for hydroxylation is 2. The van der Waals surface area contributed by atoms with E-state index in [1.54, 1.807) is 11.3 Å². The summed E-state index contributed by atoms with van der Waals surface area (Å²) in [6.45, 7) is 7.35. The number of nitrogens with zero attached hydrogens (tertiary/aromatic N) is 1. The number of rotatable bonds is 5. The molecule has 0 aliphatic heterocycles. The van der Waals surface area contributed by atoms with Crippen LogP contribution in [0.25, 0.3) is 0 Å². The van der Waals surface area contributed by atoms with Gasteiger partial charge in [-0.1, -0.05) is 31.2 Å². The zero-order valence-corrected chi connectivity index (χ0v) is 12.1. The first-order valence-electron chi connectivity index (χ1n) is 6.43. The van der Waals surface area contributed by atoms with Crippen LogP contribution in [0.3, 0.4) is 0 Å². The lowest BCUT2D eigenvalue weighted by Crippen LogP contribution is -2.19. The Hall–Kier alpha value is -1.19. The van der Waals surface area contributed by atoms with Gasteiger partial charge in [0.1, 0.15) is 0 Å².